The number of allylic oxidation sites excluding steroid dienone is 1. The Labute approximate surface area is 87.7 Å². The van der Waals surface area contributed by atoms with Crippen LogP contribution in [0.1, 0.15) is 41.8 Å². The lowest BCUT2D eigenvalue weighted by atomic mass is 10.1. The number of thiazole rings is 1. The Hall–Kier alpha value is -1.00. The predicted molar refractivity (Wildman–Crippen MR) is 58.5 cm³/mol. The topological polar surface area (TPSA) is 56.0 Å². The summed E-state index contributed by atoms with van der Waals surface area (Å²) in [5.41, 5.74) is 7.00. The second kappa shape index (κ2) is 4.48. The van der Waals surface area contributed by atoms with Crippen LogP contribution in [0.3, 0.4) is 0 Å². The summed E-state index contributed by atoms with van der Waals surface area (Å²) < 4.78 is 0. The lowest BCUT2D eigenvalue weighted by Gasteiger charge is -1.97. The molecule has 0 amide bonds. The Kier molecular flexibility index (Phi) is 3.55. The molecule has 0 aliphatic heterocycles. The maximum absolute atomic E-state index is 11.5. The van der Waals surface area contributed by atoms with Crippen LogP contribution in [0.2, 0.25) is 0 Å². The van der Waals surface area contributed by atoms with Crippen LogP contribution >= 0.6 is 11.3 Å². The molecule has 14 heavy (non-hydrogen) atoms. The molecule has 1 unspecified atom stereocenters. The summed E-state index contributed by atoms with van der Waals surface area (Å²) in [4.78, 5) is 15.7. The van der Waals surface area contributed by atoms with E-state index in [-0.39, 0.29) is 11.8 Å². The van der Waals surface area contributed by atoms with E-state index in [2.05, 4.69) is 11.6 Å². The molecule has 0 saturated carbocycles. The number of aromatic nitrogens is 1. The van der Waals surface area contributed by atoms with Gasteiger partial charge < -0.3 is 5.73 Å². The molecule has 0 fully saturated rings. The minimum Gasteiger partial charge on any atom is -0.322 e. The first-order valence-electron chi connectivity index (χ1n) is 4.39. The zero-order chi connectivity index (χ0) is 10.7. The lowest BCUT2D eigenvalue weighted by molar-refractivity contribution is 0.0989. The number of carbonyl (C=O) groups is 1. The van der Waals surface area contributed by atoms with Crippen molar-refractivity contribution in [1.29, 1.82) is 0 Å². The highest BCUT2D eigenvalue weighted by Gasteiger charge is 2.12. The molecular formula is C10H14N2OS. The molecule has 76 valence electrons. The van der Waals surface area contributed by atoms with Crippen LogP contribution in [-0.2, 0) is 0 Å². The molecule has 4 heteroatoms. The average Bonchev–Trinajstić information content (AvgIpc) is 2.50. The van der Waals surface area contributed by atoms with Gasteiger partial charge in [-0.15, -0.1) is 11.3 Å². The van der Waals surface area contributed by atoms with Gasteiger partial charge in [-0.2, -0.15) is 0 Å². The van der Waals surface area contributed by atoms with Gasteiger partial charge in [-0.1, -0.05) is 12.2 Å². The molecule has 0 aliphatic carbocycles. The number of hydrogen-bond acceptors (Lipinski definition) is 4. The Morgan fingerprint density at radius 1 is 1.79 bits per heavy atom. The van der Waals surface area contributed by atoms with E-state index in [0.29, 0.717) is 12.1 Å². The molecule has 0 bridgehead atoms. The van der Waals surface area contributed by atoms with E-state index in [1.54, 1.807) is 5.38 Å². The third kappa shape index (κ3) is 2.75. The number of nitrogens with zero attached hydrogens (tertiary/aromatic N) is 1. The van der Waals surface area contributed by atoms with Gasteiger partial charge in [-0.25, -0.2) is 4.98 Å². The van der Waals surface area contributed by atoms with Gasteiger partial charge in [-0.3, -0.25) is 4.79 Å². The van der Waals surface area contributed by atoms with Crippen LogP contribution in [0.15, 0.2) is 17.5 Å². The van der Waals surface area contributed by atoms with Crippen LogP contribution in [0.4, 0.5) is 0 Å². The Morgan fingerprint density at radius 3 is 2.86 bits per heavy atom. The first kappa shape index (κ1) is 11.1. The summed E-state index contributed by atoms with van der Waals surface area (Å²) in [6.07, 6.45) is 0.363. The normalized spacial score (nSPS) is 12.5. The van der Waals surface area contributed by atoms with Crippen molar-refractivity contribution in [3.8, 4) is 0 Å². The maximum Gasteiger partial charge on any atom is 0.186 e. The molecule has 0 saturated heterocycles. The van der Waals surface area contributed by atoms with Crippen molar-refractivity contribution in [3.63, 3.8) is 0 Å². The van der Waals surface area contributed by atoms with E-state index in [4.69, 9.17) is 5.73 Å². The molecule has 1 heterocycles. The Morgan fingerprint density at radius 2 is 2.43 bits per heavy atom. The SMILES string of the molecule is C=C(C)CC(=O)c1csc(C(C)N)n1. The fourth-order valence-electron chi connectivity index (χ4n) is 0.989. The number of nitrogens with two attached hydrogens (primary N) is 1. The lowest BCUT2D eigenvalue weighted by Crippen LogP contribution is -2.06. The number of hydrogen-bond donors (Lipinski definition) is 1. The number of Topliss-reactive ketones (excluding diaryl/α,β-unsaturated/α-hetero) is 1. The van der Waals surface area contributed by atoms with E-state index < -0.39 is 0 Å². The van der Waals surface area contributed by atoms with Crippen LogP contribution in [0.5, 0.6) is 0 Å². The summed E-state index contributed by atoms with van der Waals surface area (Å²) >= 11 is 1.43. The summed E-state index contributed by atoms with van der Waals surface area (Å²) in [5, 5.41) is 2.55. The van der Waals surface area contributed by atoms with Crippen molar-refractivity contribution < 1.29 is 4.79 Å². The number of rotatable bonds is 4. The predicted octanol–water partition coefficient (Wildman–Crippen LogP) is 2.31. The monoisotopic (exact) mass is 210 g/mol. The summed E-state index contributed by atoms with van der Waals surface area (Å²) in [7, 11) is 0. The fourth-order valence-corrected chi connectivity index (χ4v) is 1.77. The van der Waals surface area contributed by atoms with Crippen LogP contribution < -0.4 is 5.73 Å². The fraction of sp³-hybridized carbons (Fsp3) is 0.400. The van der Waals surface area contributed by atoms with Crippen molar-refractivity contribution in [1.82, 2.24) is 4.98 Å². The molecule has 0 spiro atoms. The molecule has 1 atom stereocenters. The van der Waals surface area contributed by atoms with Gasteiger partial charge in [0.1, 0.15) is 10.7 Å². The smallest absolute Gasteiger partial charge is 0.186 e. The van der Waals surface area contributed by atoms with Crippen molar-refractivity contribution in [2.24, 2.45) is 5.73 Å². The van der Waals surface area contributed by atoms with E-state index in [9.17, 15) is 4.79 Å². The molecule has 1 aromatic rings. The molecule has 1 aromatic heterocycles. The summed E-state index contributed by atoms with van der Waals surface area (Å²) in [6, 6.07) is -0.105. The van der Waals surface area contributed by atoms with Gasteiger partial charge in [0.25, 0.3) is 0 Å². The quantitative estimate of drug-likeness (QED) is 0.613. The van der Waals surface area contributed by atoms with Crippen LogP contribution in [-0.4, -0.2) is 10.8 Å². The van der Waals surface area contributed by atoms with Crippen LogP contribution in [0.25, 0.3) is 0 Å². The van der Waals surface area contributed by atoms with Gasteiger partial charge in [0, 0.05) is 11.8 Å². The van der Waals surface area contributed by atoms with Crippen molar-refractivity contribution in [3.05, 3.63) is 28.2 Å². The highest BCUT2D eigenvalue weighted by atomic mass is 32.1. The molecule has 0 radical (unpaired) electrons. The van der Waals surface area contributed by atoms with Crippen molar-refractivity contribution >= 4 is 17.1 Å². The van der Waals surface area contributed by atoms with Crippen molar-refractivity contribution in [2.45, 2.75) is 26.3 Å². The molecule has 3 nitrogen and oxygen atoms in total. The van der Waals surface area contributed by atoms with E-state index in [1.165, 1.54) is 11.3 Å². The van der Waals surface area contributed by atoms with Gasteiger partial charge >= 0.3 is 0 Å². The third-order valence-electron chi connectivity index (χ3n) is 1.66. The summed E-state index contributed by atoms with van der Waals surface area (Å²) in [6.45, 7) is 7.38. The van der Waals surface area contributed by atoms with E-state index >= 15 is 0 Å². The zero-order valence-electron chi connectivity index (χ0n) is 8.41. The van der Waals surface area contributed by atoms with Gasteiger partial charge in [-0.05, 0) is 13.8 Å². The molecule has 1 rings (SSSR count). The van der Waals surface area contributed by atoms with Crippen molar-refractivity contribution in [2.75, 3.05) is 0 Å². The minimum atomic E-state index is -0.105. The second-order valence-electron chi connectivity index (χ2n) is 3.42. The first-order chi connectivity index (χ1) is 6.50. The summed E-state index contributed by atoms with van der Waals surface area (Å²) in [5.74, 6) is 0.0145. The maximum atomic E-state index is 11.5. The number of ketones is 1. The first-order valence-corrected chi connectivity index (χ1v) is 5.27. The highest BCUT2D eigenvalue weighted by Crippen LogP contribution is 2.17. The Bertz CT molecular complexity index is 355. The minimum absolute atomic E-state index is 0.0145. The standard InChI is InChI=1S/C10H14N2OS/c1-6(2)4-9(13)8-5-14-10(12-8)7(3)11/h5,7H,1,4,11H2,2-3H3. The third-order valence-corrected chi connectivity index (χ3v) is 2.71. The molecule has 0 aliphatic rings. The second-order valence-corrected chi connectivity index (χ2v) is 4.31. The zero-order valence-corrected chi connectivity index (χ0v) is 9.23. The molecule has 2 N–H and O–H groups in total. The van der Waals surface area contributed by atoms with E-state index in [1.807, 2.05) is 13.8 Å². The number of carbonyl (C=O) groups excluding carboxylic acids is 1. The van der Waals surface area contributed by atoms with E-state index in [0.717, 1.165) is 10.6 Å². The van der Waals surface area contributed by atoms with Gasteiger partial charge in [0.05, 0.1) is 6.04 Å². The van der Waals surface area contributed by atoms with Gasteiger partial charge in [0.15, 0.2) is 5.78 Å². The molecule has 0 aromatic carbocycles. The van der Waals surface area contributed by atoms with Crippen LogP contribution in [0, 0.1) is 0 Å². The average molecular weight is 210 g/mol. The van der Waals surface area contributed by atoms with Gasteiger partial charge in [0.2, 0.25) is 0 Å². The highest BCUT2D eigenvalue weighted by molar-refractivity contribution is 7.09. The largest absolute Gasteiger partial charge is 0.322 e. The molecular weight excluding hydrogens is 196 g/mol. The Balaban J connectivity index is 2.76.